The topological polar surface area (TPSA) is 28.9 Å². The van der Waals surface area contributed by atoms with Gasteiger partial charge in [0.1, 0.15) is 0 Å². The van der Waals surface area contributed by atoms with E-state index in [0.717, 1.165) is 13.2 Å². The van der Waals surface area contributed by atoms with E-state index in [4.69, 9.17) is 9.15 Å². The Hall–Kier alpha value is -0.840. The molecule has 1 aromatic heterocycles. The first-order chi connectivity index (χ1) is 10.6. The first-order valence-electron chi connectivity index (χ1n) is 8.60. The Bertz CT molecular complexity index is 450. The molecule has 3 heterocycles. The number of furan rings is 1. The molecule has 1 unspecified atom stereocenters. The number of likely N-dealkylation sites (tertiary alicyclic amines) is 2. The van der Waals surface area contributed by atoms with Gasteiger partial charge in [-0.2, -0.15) is 0 Å². The SMILES string of the molecule is COCC1CC2(CCN(Cc3ccoc3)CC2)CN1C(C)C. The van der Waals surface area contributed by atoms with Gasteiger partial charge in [0.2, 0.25) is 0 Å². The minimum atomic E-state index is 0.514. The molecular weight excluding hydrogens is 276 g/mol. The molecule has 124 valence electrons. The van der Waals surface area contributed by atoms with Crippen LogP contribution < -0.4 is 0 Å². The second-order valence-corrected chi connectivity index (χ2v) is 7.49. The van der Waals surface area contributed by atoms with E-state index in [1.165, 1.54) is 44.5 Å². The molecule has 4 nitrogen and oxygen atoms in total. The average molecular weight is 306 g/mol. The minimum absolute atomic E-state index is 0.514. The van der Waals surface area contributed by atoms with Gasteiger partial charge in [-0.05, 0) is 57.7 Å². The molecule has 2 aliphatic rings. The maximum absolute atomic E-state index is 5.47. The summed E-state index contributed by atoms with van der Waals surface area (Å²) in [6.45, 7) is 10.2. The summed E-state index contributed by atoms with van der Waals surface area (Å²) in [5, 5.41) is 0. The van der Waals surface area contributed by atoms with Gasteiger partial charge in [-0.25, -0.2) is 0 Å². The monoisotopic (exact) mass is 306 g/mol. The van der Waals surface area contributed by atoms with Crippen LogP contribution >= 0.6 is 0 Å². The van der Waals surface area contributed by atoms with Gasteiger partial charge in [-0.15, -0.1) is 0 Å². The Labute approximate surface area is 134 Å². The van der Waals surface area contributed by atoms with E-state index < -0.39 is 0 Å². The van der Waals surface area contributed by atoms with Crippen molar-refractivity contribution in [1.82, 2.24) is 9.80 Å². The molecule has 1 aromatic rings. The van der Waals surface area contributed by atoms with E-state index in [1.807, 2.05) is 13.4 Å². The van der Waals surface area contributed by atoms with Gasteiger partial charge in [0.05, 0.1) is 19.1 Å². The number of hydrogen-bond acceptors (Lipinski definition) is 4. The predicted octanol–water partition coefficient (Wildman–Crippen LogP) is 2.99. The normalized spacial score (nSPS) is 26.3. The summed E-state index contributed by atoms with van der Waals surface area (Å²) < 4.78 is 10.7. The van der Waals surface area contributed by atoms with Crippen molar-refractivity contribution in [2.45, 2.75) is 51.7 Å². The first-order valence-corrected chi connectivity index (χ1v) is 8.60. The van der Waals surface area contributed by atoms with Crippen LogP contribution in [0.15, 0.2) is 23.0 Å². The van der Waals surface area contributed by atoms with Crippen molar-refractivity contribution in [3.8, 4) is 0 Å². The summed E-state index contributed by atoms with van der Waals surface area (Å²) in [5.41, 5.74) is 1.81. The molecule has 0 radical (unpaired) electrons. The van der Waals surface area contributed by atoms with E-state index in [1.54, 1.807) is 6.26 Å². The summed E-state index contributed by atoms with van der Waals surface area (Å²) in [6, 6.07) is 3.30. The standard InChI is InChI=1S/C18H30N2O2/c1-15(2)20-14-18(10-17(20)13-21-3)5-7-19(8-6-18)11-16-4-9-22-12-16/h4,9,12,15,17H,5-8,10-11,13-14H2,1-3H3. The van der Waals surface area contributed by atoms with E-state index in [0.29, 0.717) is 17.5 Å². The second-order valence-electron chi connectivity index (χ2n) is 7.49. The first kappa shape index (κ1) is 16.0. The molecule has 0 amide bonds. The Kier molecular flexibility index (Phi) is 4.91. The third-order valence-corrected chi connectivity index (χ3v) is 5.58. The molecule has 0 saturated carbocycles. The lowest BCUT2D eigenvalue weighted by Gasteiger charge is -2.39. The summed E-state index contributed by atoms with van der Waals surface area (Å²) in [7, 11) is 1.83. The van der Waals surface area contributed by atoms with Crippen LogP contribution in [-0.4, -0.2) is 55.2 Å². The van der Waals surface area contributed by atoms with Crippen molar-refractivity contribution in [3.63, 3.8) is 0 Å². The molecule has 22 heavy (non-hydrogen) atoms. The number of piperidine rings is 1. The van der Waals surface area contributed by atoms with Gasteiger partial charge in [0.15, 0.2) is 0 Å². The maximum Gasteiger partial charge on any atom is 0.0947 e. The maximum atomic E-state index is 5.47. The minimum Gasteiger partial charge on any atom is -0.472 e. The molecule has 1 atom stereocenters. The Morgan fingerprint density at radius 2 is 2.14 bits per heavy atom. The molecule has 0 N–H and O–H groups in total. The Morgan fingerprint density at radius 3 is 2.73 bits per heavy atom. The van der Waals surface area contributed by atoms with Gasteiger partial charge >= 0.3 is 0 Å². The molecule has 3 rings (SSSR count). The van der Waals surface area contributed by atoms with Crippen molar-refractivity contribution in [1.29, 1.82) is 0 Å². The fraction of sp³-hybridized carbons (Fsp3) is 0.778. The van der Waals surface area contributed by atoms with E-state index in [-0.39, 0.29) is 0 Å². The van der Waals surface area contributed by atoms with Crippen molar-refractivity contribution in [2.75, 3.05) is 33.4 Å². The number of hydrogen-bond donors (Lipinski definition) is 0. The highest BCUT2D eigenvalue weighted by Crippen LogP contribution is 2.44. The number of rotatable bonds is 5. The van der Waals surface area contributed by atoms with Crippen molar-refractivity contribution < 1.29 is 9.15 Å². The summed E-state index contributed by atoms with van der Waals surface area (Å²) in [5.74, 6) is 0. The molecule has 2 aliphatic heterocycles. The Morgan fingerprint density at radius 1 is 1.36 bits per heavy atom. The van der Waals surface area contributed by atoms with Crippen LogP contribution in [0.25, 0.3) is 0 Å². The van der Waals surface area contributed by atoms with Gasteiger partial charge in [-0.3, -0.25) is 9.80 Å². The third-order valence-electron chi connectivity index (χ3n) is 5.58. The molecule has 0 aromatic carbocycles. The van der Waals surface area contributed by atoms with E-state index in [9.17, 15) is 0 Å². The lowest BCUT2D eigenvalue weighted by atomic mass is 9.76. The lowest BCUT2D eigenvalue weighted by Crippen LogP contribution is -2.42. The van der Waals surface area contributed by atoms with Crippen LogP contribution in [0.5, 0.6) is 0 Å². The van der Waals surface area contributed by atoms with Crippen LogP contribution in [-0.2, 0) is 11.3 Å². The molecule has 2 fully saturated rings. The largest absolute Gasteiger partial charge is 0.472 e. The van der Waals surface area contributed by atoms with Gasteiger partial charge in [0.25, 0.3) is 0 Å². The molecule has 1 spiro atoms. The summed E-state index contributed by atoms with van der Waals surface area (Å²) >= 11 is 0. The molecule has 0 aliphatic carbocycles. The van der Waals surface area contributed by atoms with Crippen LogP contribution in [0.1, 0.15) is 38.7 Å². The van der Waals surface area contributed by atoms with Crippen molar-refractivity contribution in [2.24, 2.45) is 5.41 Å². The molecular formula is C18H30N2O2. The van der Waals surface area contributed by atoms with Gasteiger partial charge in [-0.1, -0.05) is 0 Å². The summed E-state index contributed by atoms with van der Waals surface area (Å²) in [4.78, 5) is 5.23. The number of ether oxygens (including phenoxy) is 1. The molecule has 0 bridgehead atoms. The van der Waals surface area contributed by atoms with Gasteiger partial charge in [0, 0.05) is 37.8 Å². The third kappa shape index (κ3) is 3.39. The second kappa shape index (κ2) is 6.73. The zero-order valence-corrected chi connectivity index (χ0v) is 14.3. The van der Waals surface area contributed by atoms with Crippen LogP contribution in [0, 0.1) is 5.41 Å². The lowest BCUT2D eigenvalue weighted by molar-refractivity contribution is 0.0915. The average Bonchev–Trinajstić information content (AvgIpc) is 3.11. The fourth-order valence-corrected chi connectivity index (χ4v) is 4.34. The van der Waals surface area contributed by atoms with E-state index in [2.05, 4.69) is 29.7 Å². The van der Waals surface area contributed by atoms with Crippen molar-refractivity contribution >= 4 is 0 Å². The van der Waals surface area contributed by atoms with Crippen LogP contribution in [0.3, 0.4) is 0 Å². The quantitative estimate of drug-likeness (QED) is 0.836. The highest BCUT2D eigenvalue weighted by atomic mass is 16.5. The predicted molar refractivity (Wildman–Crippen MR) is 87.8 cm³/mol. The summed E-state index contributed by atoms with van der Waals surface area (Å²) in [6.07, 6.45) is 7.57. The Balaban J connectivity index is 1.57. The van der Waals surface area contributed by atoms with E-state index >= 15 is 0 Å². The number of nitrogens with zero attached hydrogens (tertiary/aromatic N) is 2. The van der Waals surface area contributed by atoms with Crippen molar-refractivity contribution in [3.05, 3.63) is 24.2 Å². The smallest absolute Gasteiger partial charge is 0.0947 e. The zero-order chi connectivity index (χ0) is 15.6. The molecule has 2 saturated heterocycles. The number of methoxy groups -OCH3 is 1. The zero-order valence-electron chi connectivity index (χ0n) is 14.3. The highest BCUT2D eigenvalue weighted by molar-refractivity contribution is 5.06. The molecule has 4 heteroatoms. The fourth-order valence-electron chi connectivity index (χ4n) is 4.34. The van der Waals surface area contributed by atoms with Crippen LogP contribution in [0.4, 0.5) is 0 Å². The highest BCUT2D eigenvalue weighted by Gasteiger charge is 2.45. The van der Waals surface area contributed by atoms with Crippen LogP contribution in [0.2, 0.25) is 0 Å². The van der Waals surface area contributed by atoms with Gasteiger partial charge < -0.3 is 9.15 Å².